The van der Waals surface area contributed by atoms with E-state index in [0.717, 1.165) is 22.4 Å². The molecule has 4 rings (SSSR count). The fourth-order valence-corrected chi connectivity index (χ4v) is 4.17. The van der Waals surface area contributed by atoms with Crippen molar-refractivity contribution >= 4 is 22.7 Å². The summed E-state index contributed by atoms with van der Waals surface area (Å²) in [4.78, 5) is 18.2. The number of nitriles is 1. The number of aromatic nitrogens is 2. The van der Waals surface area contributed by atoms with Crippen molar-refractivity contribution in [3.05, 3.63) is 99.3 Å². The smallest absolute Gasteiger partial charge is 0.266 e. The van der Waals surface area contributed by atoms with Crippen LogP contribution in [0.15, 0.2) is 76.7 Å². The van der Waals surface area contributed by atoms with Gasteiger partial charge in [0, 0.05) is 5.75 Å². The van der Waals surface area contributed by atoms with Gasteiger partial charge in [-0.05, 0) is 60.9 Å². The Morgan fingerprint density at radius 1 is 1.03 bits per heavy atom. The van der Waals surface area contributed by atoms with Crippen LogP contribution < -0.4 is 5.56 Å². The molecule has 0 radical (unpaired) electrons. The Balaban J connectivity index is 1.84. The van der Waals surface area contributed by atoms with E-state index in [-0.39, 0.29) is 5.56 Å². The molecule has 0 amide bonds. The lowest BCUT2D eigenvalue weighted by Crippen LogP contribution is -2.22. The molecule has 3 aromatic carbocycles. The van der Waals surface area contributed by atoms with Crippen LogP contribution in [0.4, 0.5) is 0 Å². The van der Waals surface area contributed by atoms with E-state index in [9.17, 15) is 4.79 Å². The van der Waals surface area contributed by atoms with Crippen molar-refractivity contribution < 1.29 is 0 Å². The lowest BCUT2D eigenvalue weighted by atomic mass is 10.1. The zero-order valence-electron chi connectivity index (χ0n) is 16.2. The van der Waals surface area contributed by atoms with E-state index >= 15 is 0 Å². The molecule has 0 spiro atoms. The van der Waals surface area contributed by atoms with E-state index < -0.39 is 0 Å². The molecule has 0 N–H and O–H groups in total. The van der Waals surface area contributed by atoms with Crippen LogP contribution in [0.2, 0.25) is 0 Å². The van der Waals surface area contributed by atoms with Crippen molar-refractivity contribution in [2.75, 3.05) is 0 Å². The number of nitrogens with zero attached hydrogens (tertiary/aromatic N) is 3. The van der Waals surface area contributed by atoms with E-state index in [4.69, 9.17) is 10.2 Å². The Kier molecular flexibility index (Phi) is 5.20. The van der Waals surface area contributed by atoms with Gasteiger partial charge in [-0.1, -0.05) is 48.2 Å². The molecule has 0 saturated carbocycles. The monoisotopic (exact) mass is 397 g/mol. The van der Waals surface area contributed by atoms with E-state index in [2.05, 4.69) is 6.07 Å². The van der Waals surface area contributed by atoms with Gasteiger partial charge in [0.1, 0.15) is 0 Å². The van der Waals surface area contributed by atoms with Crippen molar-refractivity contribution in [2.45, 2.75) is 24.8 Å². The zero-order valence-corrected chi connectivity index (χ0v) is 17.0. The molecule has 0 atom stereocenters. The SMILES string of the molecule is Cc1ccc(C)c(-n2c(SCc3ccc(C#N)cc3)nc3ccccc3c2=O)c1. The minimum Gasteiger partial charge on any atom is -0.268 e. The van der Waals surface area contributed by atoms with Crippen LogP contribution in [0.5, 0.6) is 0 Å². The summed E-state index contributed by atoms with van der Waals surface area (Å²) in [7, 11) is 0. The van der Waals surface area contributed by atoms with E-state index in [0.29, 0.717) is 27.4 Å². The molecule has 142 valence electrons. The molecule has 0 saturated heterocycles. The lowest BCUT2D eigenvalue weighted by molar-refractivity contribution is 0.813. The highest BCUT2D eigenvalue weighted by Crippen LogP contribution is 2.26. The summed E-state index contributed by atoms with van der Waals surface area (Å²) in [5.41, 5.74) is 5.31. The van der Waals surface area contributed by atoms with Crippen molar-refractivity contribution in [1.82, 2.24) is 9.55 Å². The molecule has 4 aromatic rings. The number of hydrogen-bond acceptors (Lipinski definition) is 4. The van der Waals surface area contributed by atoms with Gasteiger partial charge in [0.15, 0.2) is 5.16 Å². The van der Waals surface area contributed by atoms with Crippen LogP contribution in [-0.4, -0.2) is 9.55 Å². The number of hydrogen-bond donors (Lipinski definition) is 0. The van der Waals surface area contributed by atoms with Gasteiger partial charge in [0.25, 0.3) is 5.56 Å². The molecular weight excluding hydrogens is 378 g/mol. The quantitative estimate of drug-likeness (QED) is 0.352. The predicted octanol–water partition coefficient (Wildman–Crippen LogP) is 5.17. The number of benzene rings is 3. The topological polar surface area (TPSA) is 58.7 Å². The molecule has 0 aliphatic heterocycles. The summed E-state index contributed by atoms with van der Waals surface area (Å²) in [6.45, 7) is 4.03. The highest BCUT2D eigenvalue weighted by atomic mass is 32.2. The maximum Gasteiger partial charge on any atom is 0.266 e. The number of aryl methyl sites for hydroxylation is 2. The number of rotatable bonds is 4. The second kappa shape index (κ2) is 7.94. The van der Waals surface area contributed by atoms with Crippen LogP contribution in [-0.2, 0) is 5.75 Å². The number of thioether (sulfide) groups is 1. The fourth-order valence-electron chi connectivity index (χ4n) is 3.21. The van der Waals surface area contributed by atoms with Crippen LogP contribution >= 0.6 is 11.8 Å². The normalized spacial score (nSPS) is 10.8. The molecule has 5 heteroatoms. The Hall–Kier alpha value is -3.36. The summed E-state index contributed by atoms with van der Waals surface area (Å²) in [6, 6.07) is 23.2. The largest absolute Gasteiger partial charge is 0.268 e. The first-order valence-electron chi connectivity index (χ1n) is 9.28. The van der Waals surface area contributed by atoms with Crippen LogP contribution in [0.25, 0.3) is 16.6 Å². The standard InChI is InChI=1S/C24H19N3OS/c1-16-7-8-17(2)22(13-16)27-23(28)20-5-3-4-6-21(20)26-24(27)29-15-19-11-9-18(14-25)10-12-19/h3-13H,15H2,1-2H3. The van der Waals surface area contributed by atoms with Gasteiger partial charge in [-0.2, -0.15) is 5.26 Å². The highest BCUT2D eigenvalue weighted by molar-refractivity contribution is 7.98. The van der Waals surface area contributed by atoms with Crippen molar-refractivity contribution in [3.63, 3.8) is 0 Å². The Morgan fingerprint density at radius 2 is 1.79 bits per heavy atom. The minimum atomic E-state index is -0.0633. The van der Waals surface area contributed by atoms with Crippen LogP contribution in [0.3, 0.4) is 0 Å². The first kappa shape index (κ1) is 19.0. The second-order valence-corrected chi connectivity index (χ2v) is 7.88. The molecule has 29 heavy (non-hydrogen) atoms. The first-order chi connectivity index (χ1) is 14.1. The minimum absolute atomic E-state index is 0.0633. The van der Waals surface area contributed by atoms with E-state index in [1.165, 1.54) is 11.8 Å². The van der Waals surface area contributed by atoms with E-state index in [1.807, 2.05) is 80.6 Å². The summed E-state index contributed by atoms with van der Waals surface area (Å²) >= 11 is 1.52. The lowest BCUT2D eigenvalue weighted by Gasteiger charge is -2.16. The average molecular weight is 398 g/mol. The molecule has 1 heterocycles. The zero-order chi connectivity index (χ0) is 20.4. The van der Waals surface area contributed by atoms with Gasteiger partial charge >= 0.3 is 0 Å². The van der Waals surface area contributed by atoms with Crippen LogP contribution in [0.1, 0.15) is 22.3 Å². The second-order valence-electron chi connectivity index (χ2n) is 6.94. The molecule has 0 unspecified atom stereocenters. The van der Waals surface area contributed by atoms with Crippen molar-refractivity contribution in [2.24, 2.45) is 0 Å². The van der Waals surface area contributed by atoms with Crippen LogP contribution in [0, 0.1) is 25.2 Å². The molecule has 1 aromatic heterocycles. The summed E-state index contributed by atoms with van der Waals surface area (Å²) in [5, 5.41) is 10.2. The van der Waals surface area contributed by atoms with Crippen molar-refractivity contribution in [3.8, 4) is 11.8 Å². The highest BCUT2D eigenvalue weighted by Gasteiger charge is 2.15. The maximum atomic E-state index is 13.4. The summed E-state index contributed by atoms with van der Waals surface area (Å²) < 4.78 is 1.72. The predicted molar refractivity (Wildman–Crippen MR) is 118 cm³/mol. The van der Waals surface area contributed by atoms with Gasteiger partial charge in [0.2, 0.25) is 0 Å². The summed E-state index contributed by atoms with van der Waals surface area (Å²) in [5.74, 6) is 0.654. The summed E-state index contributed by atoms with van der Waals surface area (Å²) in [6.07, 6.45) is 0. The Labute approximate surface area is 173 Å². The third kappa shape index (κ3) is 3.80. The third-order valence-electron chi connectivity index (χ3n) is 4.80. The third-order valence-corrected chi connectivity index (χ3v) is 5.81. The molecule has 0 aliphatic rings. The molecule has 0 aliphatic carbocycles. The first-order valence-corrected chi connectivity index (χ1v) is 10.3. The average Bonchev–Trinajstić information content (AvgIpc) is 2.75. The number of fused-ring (bicyclic) bond motifs is 1. The molecule has 4 nitrogen and oxygen atoms in total. The van der Waals surface area contributed by atoms with E-state index in [1.54, 1.807) is 4.57 Å². The van der Waals surface area contributed by atoms with Gasteiger partial charge in [-0.25, -0.2) is 4.98 Å². The van der Waals surface area contributed by atoms with Crippen molar-refractivity contribution in [1.29, 1.82) is 5.26 Å². The number of para-hydroxylation sites is 1. The van der Waals surface area contributed by atoms with Gasteiger partial charge < -0.3 is 0 Å². The van der Waals surface area contributed by atoms with Gasteiger partial charge in [0.05, 0.1) is 28.2 Å². The molecule has 0 bridgehead atoms. The van der Waals surface area contributed by atoms with Gasteiger partial charge in [-0.3, -0.25) is 9.36 Å². The maximum absolute atomic E-state index is 13.4. The molecule has 0 fully saturated rings. The fraction of sp³-hybridized carbons (Fsp3) is 0.125. The Bertz CT molecular complexity index is 1300. The van der Waals surface area contributed by atoms with Gasteiger partial charge in [-0.15, -0.1) is 0 Å². The Morgan fingerprint density at radius 3 is 2.55 bits per heavy atom. The molecular formula is C24H19N3OS.